The minimum Gasteiger partial charge on any atom is -0.444 e. The highest BCUT2D eigenvalue weighted by Crippen LogP contribution is 2.28. The molecule has 1 heterocycles. The predicted molar refractivity (Wildman–Crippen MR) is 130 cm³/mol. The fourth-order valence-corrected chi connectivity index (χ4v) is 3.10. The molecule has 2 aromatic carbocycles. The maximum absolute atomic E-state index is 12.5. The van der Waals surface area contributed by atoms with Gasteiger partial charge in [-0.1, -0.05) is 0 Å². The van der Waals surface area contributed by atoms with E-state index < -0.39 is 41.5 Å². The molecule has 3 rings (SSSR count). The third-order valence-corrected chi connectivity index (χ3v) is 4.34. The molecule has 0 bridgehead atoms. The number of fused-ring (bicyclic) bond motifs is 3. The Kier molecular flexibility index (Phi) is 7.04. The number of benzene rings is 2. The number of alkyl carbamates (subject to hydrolysis) is 1. The summed E-state index contributed by atoms with van der Waals surface area (Å²) in [7, 11) is 0. The Morgan fingerprint density at radius 1 is 0.829 bits per heavy atom. The molecule has 0 saturated heterocycles. The van der Waals surface area contributed by atoms with Crippen molar-refractivity contribution in [3.63, 3.8) is 0 Å². The van der Waals surface area contributed by atoms with E-state index in [0.29, 0.717) is 22.0 Å². The van der Waals surface area contributed by atoms with Crippen molar-refractivity contribution in [3.05, 3.63) is 46.8 Å². The van der Waals surface area contributed by atoms with Crippen LogP contribution in [0.5, 0.6) is 5.75 Å². The Morgan fingerprint density at radius 3 is 2.14 bits per heavy atom. The Morgan fingerprint density at radius 2 is 1.49 bits per heavy atom. The molecule has 0 unspecified atom stereocenters. The van der Waals surface area contributed by atoms with Gasteiger partial charge in [-0.25, -0.2) is 19.2 Å². The number of ether oxygens (including phenoxy) is 3. The van der Waals surface area contributed by atoms with Crippen LogP contribution in [0.2, 0.25) is 0 Å². The van der Waals surface area contributed by atoms with Gasteiger partial charge in [-0.15, -0.1) is 0 Å². The molecule has 2 amide bonds. The van der Waals surface area contributed by atoms with Gasteiger partial charge in [0.05, 0.1) is 5.39 Å². The second-order valence-corrected chi connectivity index (χ2v) is 9.76. The van der Waals surface area contributed by atoms with E-state index in [-0.39, 0.29) is 11.1 Å². The Bertz CT molecular complexity index is 1350. The van der Waals surface area contributed by atoms with Crippen molar-refractivity contribution in [3.8, 4) is 5.75 Å². The van der Waals surface area contributed by atoms with Crippen LogP contribution in [0.3, 0.4) is 0 Å². The highest BCUT2D eigenvalue weighted by molar-refractivity contribution is 6.06. The smallest absolute Gasteiger partial charge is 0.412 e. The summed E-state index contributed by atoms with van der Waals surface area (Å²) < 4.78 is 20.9. The van der Waals surface area contributed by atoms with Gasteiger partial charge in [0.25, 0.3) is 0 Å². The van der Waals surface area contributed by atoms with E-state index in [4.69, 9.17) is 18.6 Å². The van der Waals surface area contributed by atoms with Crippen molar-refractivity contribution in [2.75, 3.05) is 11.9 Å². The van der Waals surface area contributed by atoms with Gasteiger partial charge in [-0.05, 0) is 77.9 Å². The van der Waals surface area contributed by atoms with Crippen molar-refractivity contribution in [1.29, 1.82) is 0 Å². The van der Waals surface area contributed by atoms with Crippen LogP contribution in [0, 0.1) is 0 Å². The molecule has 186 valence electrons. The molecule has 0 atom stereocenters. The average Bonchev–Trinajstić information content (AvgIpc) is 2.70. The number of carbonyl (C=O) groups excluding carboxylic acids is 3. The van der Waals surface area contributed by atoms with E-state index in [1.54, 1.807) is 65.8 Å². The number of amides is 2. The summed E-state index contributed by atoms with van der Waals surface area (Å²) in [6.07, 6.45) is -1.37. The maximum atomic E-state index is 12.5. The van der Waals surface area contributed by atoms with Crippen LogP contribution in [0.4, 0.5) is 15.3 Å². The third-order valence-electron chi connectivity index (χ3n) is 4.34. The van der Waals surface area contributed by atoms with E-state index >= 15 is 0 Å². The normalized spacial score (nSPS) is 11.7. The largest absolute Gasteiger partial charge is 0.444 e. The summed E-state index contributed by atoms with van der Waals surface area (Å²) in [5.74, 6) is -0.646. The van der Waals surface area contributed by atoms with Crippen LogP contribution < -0.4 is 21.0 Å². The van der Waals surface area contributed by atoms with Crippen LogP contribution >= 0.6 is 0 Å². The number of rotatable bonds is 4. The van der Waals surface area contributed by atoms with Gasteiger partial charge in [-0.3, -0.25) is 5.32 Å². The van der Waals surface area contributed by atoms with E-state index in [9.17, 15) is 19.2 Å². The molecule has 0 saturated carbocycles. The quantitative estimate of drug-likeness (QED) is 0.235. The van der Waals surface area contributed by atoms with Crippen molar-refractivity contribution in [2.24, 2.45) is 0 Å². The summed E-state index contributed by atoms with van der Waals surface area (Å²) in [6.45, 7) is 9.95. The van der Waals surface area contributed by atoms with E-state index in [1.807, 2.05) is 0 Å². The van der Waals surface area contributed by atoms with E-state index in [1.165, 1.54) is 12.1 Å². The maximum Gasteiger partial charge on any atom is 0.412 e. The van der Waals surface area contributed by atoms with Crippen LogP contribution in [-0.2, 0) is 14.3 Å². The zero-order valence-electron chi connectivity index (χ0n) is 20.4. The number of hydrogen-bond donors (Lipinski definition) is 2. The van der Waals surface area contributed by atoms with Crippen LogP contribution in [0.15, 0.2) is 45.6 Å². The minimum absolute atomic E-state index is 0.100. The van der Waals surface area contributed by atoms with Gasteiger partial charge in [0.1, 0.15) is 29.1 Å². The molecule has 3 aromatic rings. The first-order valence-corrected chi connectivity index (χ1v) is 10.9. The van der Waals surface area contributed by atoms with Crippen LogP contribution in [-0.4, -0.2) is 35.9 Å². The fourth-order valence-electron chi connectivity index (χ4n) is 3.10. The summed E-state index contributed by atoms with van der Waals surface area (Å²) in [6, 6.07) is 9.31. The van der Waals surface area contributed by atoms with Gasteiger partial charge < -0.3 is 23.9 Å². The van der Waals surface area contributed by atoms with Gasteiger partial charge in [0.2, 0.25) is 0 Å². The van der Waals surface area contributed by atoms with E-state index in [0.717, 1.165) is 0 Å². The zero-order valence-corrected chi connectivity index (χ0v) is 20.4. The standard InChI is InChI=1S/C25H28N2O8/c1-24(2,3)34-22(30)26-13-20(28)32-15-8-9-16-17-11-14(27-23(31)35-25(4,5)6)7-10-19(17)33-21(29)18(16)12-15/h7-12H,13H2,1-6H3,(H,26,30)(H,27,31). The number of hydrogen-bond acceptors (Lipinski definition) is 8. The molecule has 10 heteroatoms. The molecular weight excluding hydrogens is 456 g/mol. The highest BCUT2D eigenvalue weighted by atomic mass is 16.6. The highest BCUT2D eigenvalue weighted by Gasteiger charge is 2.19. The lowest BCUT2D eigenvalue weighted by molar-refractivity contribution is -0.133. The Hall–Kier alpha value is -4.08. The molecule has 10 nitrogen and oxygen atoms in total. The summed E-state index contributed by atoms with van der Waals surface area (Å²) >= 11 is 0. The molecule has 0 spiro atoms. The van der Waals surface area contributed by atoms with Crippen molar-refractivity contribution < 1.29 is 33.0 Å². The summed E-state index contributed by atoms with van der Waals surface area (Å²) in [4.78, 5) is 48.4. The monoisotopic (exact) mass is 484 g/mol. The second-order valence-electron chi connectivity index (χ2n) is 9.76. The molecule has 0 radical (unpaired) electrons. The molecule has 1 aromatic heterocycles. The van der Waals surface area contributed by atoms with E-state index in [2.05, 4.69) is 10.6 Å². The second kappa shape index (κ2) is 9.65. The number of anilines is 1. The van der Waals surface area contributed by atoms with Crippen molar-refractivity contribution in [2.45, 2.75) is 52.7 Å². The lowest BCUT2D eigenvalue weighted by atomic mass is 10.1. The number of esters is 1. The van der Waals surface area contributed by atoms with Crippen LogP contribution in [0.1, 0.15) is 41.5 Å². The zero-order chi connectivity index (χ0) is 26.0. The van der Waals surface area contributed by atoms with Crippen molar-refractivity contribution >= 4 is 45.6 Å². The number of nitrogens with one attached hydrogen (secondary N) is 2. The number of carbonyl (C=O) groups is 3. The lowest BCUT2D eigenvalue weighted by Gasteiger charge is -2.19. The lowest BCUT2D eigenvalue weighted by Crippen LogP contribution is -2.36. The first-order valence-electron chi connectivity index (χ1n) is 10.9. The molecular formula is C25H28N2O8. The van der Waals surface area contributed by atoms with Gasteiger partial charge in [0, 0.05) is 16.5 Å². The Labute approximate surface area is 201 Å². The third kappa shape index (κ3) is 7.20. The predicted octanol–water partition coefficient (Wildman–Crippen LogP) is 4.72. The topological polar surface area (TPSA) is 133 Å². The first kappa shape index (κ1) is 25.5. The molecule has 0 fully saturated rings. The summed E-state index contributed by atoms with van der Waals surface area (Å²) in [5, 5.41) is 6.24. The average molecular weight is 485 g/mol. The van der Waals surface area contributed by atoms with Crippen LogP contribution in [0.25, 0.3) is 21.7 Å². The summed E-state index contributed by atoms with van der Waals surface area (Å²) in [5.41, 5.74) is -1.21. The molecule has 2 N–H and O–H groups in total. The first-order chi connectivity index (χ1) is 16.2. The van der Waals surface area contributed by atoms with Gasteiger partial charge in [0.15, 0.2) is 0 Å². The fraction of sp³-hybridized carbons (Fsp3) is 0.360. The van der Waals surface area contributed by atoms with Gasteiger partial charge >= 0.3 is 23.8 Å². The molecule has 35 heavy (non-hydrogen) atoms. The Balaban J connectivity index is 1.80. The molecule has 0 aliphatic rings. The molecule has 0 aliphatic carbocycles. The molecule has 0 aliphatic heterocycles. The minimum atomic E-state index is -0.754. The SMILES string of the molecule is CC(C)(C)OC(=O)NCC(=O)Oc1ccc2c(c1)c(=O)oc1ccc(NC(=O)OC(C)(C)C)cc12. The van der Waals surface area contributed by atoms with Crippen molar-refractivity contribution in [1.82, 2.24) is 5.32 Å². The van der Waals surface area contributed by atoms with Gasteiger partial charge in [-0.2, -0.15) is 0 Å².